The molecule has 1 aromatic carbocycles. The van der Waals surface area contributed by atoms with Gasteiger partial charge in [-0.3, -0.25) is 0 Å². The average molecular weight is 322 g/mol. The molecule has 2 aromatic rings. The van der Waals surface area contributed by atoms with Gasteiger partial charge in [-0.1, -0.05) is 29.8 Å². The molecule has 0 radical (unpaired) electrons. The minimum atomic E-state index is -0.00763. The first-order valence-electron chi connectivity index (χ1n) is 6.46. The van der Waals surface area contributed by atoms with Crippen LogP contribution in [0.25, 0.3) is 5.69 Å². The smallest absolute Gasteiger partial charge is 0.0994 e. The molecule has 102 valence electrons. The summed E-state index contributed by atoms with van der Waals surface area (Å²) in [6.45, 7) is 8.44. The van der Waals surface area contributed by atoms with Crippen molar-refractivity contribution in [2.24, 2.45) is 11.7 Å². The van der Waals surface area contributed by atoms with E-state index in [4.69, 9.17) is 5.73 Å². The third-order valence-electron chi connectivity index (χ3n) is 3.43. The molecular weight excluding hydrogens is 302 g/mol. The Balaban J connectivity index is 2.52. The van der Waals surface area contributed by atoms with Crippen LogP contribution in [0.5, 0.6) is 0 Å². The standard InChI is InChI=1S/C15H20BrN3/c1-9(2)15(17)13-7-18-8-19(13)12-5-10(3)14(16)11(4)6-12/h5-9,15H,17H2,1-4H3. The third-order valence-corrected chi connectivity index (χ3v) is 4.68. The fourth-order valence-corrected chi connectivity index (χ4v) is 2.40. The molecule has 0 amide bonds. The molecule has 0 aliphatic rings. The van der Waals surface area contributed by atoms with Crippen LogP contribution in [0.15, 0.2) is 29.1 Å². The molecule has 2 N–H and O–H groups in total. The highest BCUT2D eigenvalue weighted by molar-refractivity contribution is 9.10. The molecule has 1 aromatic heterocycles. The molecule has 19 heavy (non-hydrogen) atoms. The maximum absolute atomic E-state index is 6.26. The van der Waals surface area contributed by atoms with E-state index in [0.29, 0.717) is 5.92 Å². The van der Waals surface area contributed by atoms with Gasteiger partial charge >= 0.3 is 0 Å². The van der Waals surface area contributed by atoms with E-state index >= 15 is 0 Å². The topological polar surface area (TPSA) is 43.8 Å². The van der Waals surface area contributed by atoms with Gasteiger partial charge < -0.3 is 10.3 Å². The van der Waals surface area contributed by atoms with Crippen LogP contribution < -0.4 is 5.73 Å². The van der Waals surface area contributed by atoms with Gasteiger partial charge in [-0.25, -0.2) is 4.98 Å². The number of imidazole rings is 1. The molecule has 0 saturated heterocycles. The van der Waals surface area contributed by atoms with Crippen molar-refractivity contribution in [3.05, 3.63) is 46.0 Å². The highest BCUT2D eigenvalue weighted by Crippen LogP contribution is 2.27. The van der Waals surface area contributed by atoms with E-state index in [1.165, 1.54) is 11.1 Å². The molecule has 1 unspecified atom stereocenters. The second-order valence-electron chi connectivity index (χ2n) is 5.35. The first kappa shape index (κ1) is 14.3. The molecular formula is C15H20BrN3. The molecule has 4 heteroatoms. The lowest BCUT2D eigenvalue weighted by molar-refractivity contribution is 0.497. The lowest BCUT2D eigenvalue weighted by Crippen LogP contribution is -2.19. The van der Waals surface area contributed by atoms with Gasteiger partial charge in [-0.15, -0.1) is 0 Å². The number of hydrogen-bond donors (Lipinski definition) is 1. The summed E-state index contributed by atoms with van der Waals surface area (Å²) in [7, 11) is 0. The number of halogens is 1. The number of nitrogens with zero attached hydrogens (tertiary/aromatic N) is 2. The second kappa shape index (κ2) is 5.47. The normalized spacial score (nSPS) is 13.0. The largest absolute Gasteiger partial charge is 0.322 e. The van der Waals surface area contributed by atoms with E-state index in [-0.39, 0.29) is 6.04 Å². The van der Waals surface area contributed by atoms with E-state index in [1.807, 2.05) is 12.5 Å². The van der Waals surface area contributed by atoms with E-state index in [1.54, 1.807) is 0 Å². The van der Waals surface area contributed by atoms with Crippen molar-refractivity contribution < 1.29 is 0 Å². The van der Waals surface area contributed by atoms with Crippen LogP contribution in [0.2, 0.25) is 0 Å². The summed E-state index contributed by atoms with van der Waals surface area (Å²) in [5.41, 5.74) is 10.9. The van der Waals surface area contributed by atoms with Crippen LogP contribution in [0.3, 0.4) is 0 Å². The minimum absolute atomic E-state index is 0.00763. The predicted octanol–water partition coefficient (Wildman–Crippen LogP) is 3.91. The van der Waals surface area contributed by atoms with Gasteiger partial charge in [0.2, 0.25) is 0 Å². The van der Waals surface area contributed by atoms with E-state index in [9.17, 15) is 0 Å². The van der Waals surface area contributed by atoms with Gasteiger partial charge in [-0.2, -0.15) is 0 Å². The Hall–Kier alpha value is -1.13. The zero-order valence-electron chi connectivity index (χ0n) is 11.8. The van der Waals surface area contributed by atoms with Gasteiger partial charge in [0.1, 0.15) is 0 Å². The van der Waals surface area contributed by atoms with Crippen LogP contribution in [-0.2, 0) is 0 Å². The lowest BCUT2D eigenvalue weighted by atomic mass is 10.0. The van der Waals surface area contributed by atoms with Crippen LogP contribution in [0, 0.1) is 19.8 Å². The van der Waals surface area contributed by atoms with Crippen molar-refractivity contribution in [1.82, 2.24) is 9.55 Å². The zero-order valence-corrected chi connectivity index (χ0v) is 13.4. The zero-order chi connectivity index (χ0) is 14.2. The lowest BCUT2D eigenvalue weighted by Gasteiger charge is -2.18. The monoisotopic (exact) mass is 321 g/mol. The Morgan fingerprint density at radius 2 is 1.79 bits per heavy atom. The maximum atomic E-state index is 6.26. The van der Waals surface area contributed by atoms with Crippen LogP contribution >= 0.6 is 15.9 Å². The maximum Gasteiger partial charge on any atom is 0.0994 e. The fourth-order valence-electron chi connectivity index (χ4n) is 2.17. The average Bonchev–Trinajstić information content (AvgIpc) is 2.83. The molecule has 0 aliphatic carbocycles. The number of hydrogen-bond acceptors (Lipinski definition) is 2. The summed E-state index contributed by atoms with van der Waals surface area (Å²) in [5.74, 6) is 0.382. The SMILES string of the molecule is Cc1cc(-n2cncc2C(N)C(C)C)cc(C)c1Br. The van der Waals surface area contributed by atoms with Crippen LogP contribution in [-0.4, -0.2) is 9.55 Å². The van der Waals surface area contributed by atoms with Gasteiger partial charge in [0.25, 0.3) is 0 Å². The molecule has 1 atom stereocenters. The summed E-state index contributed by atoms with van der Waals surface area (Å²) < 4.78 is 3.24. The summed E-state index contributed by atoms with van der Waals surface area (Å²) in [4.78, 5) is 4.25. The van der Waals surface area contributed by atoms with E-state index in [2.05, 4.69) is 65.3 Å². The van der Waals surface area contributed by atoms with Gasteiger partial charge in [-0.05, 0) is 43.0 Å². The summed E-state index contributed by atoms with van der Waals surface area (Å²) in [5, 5.41) is 0. The molecule has 1 heterocycles. The molecule has 0 spiro atoms. The van der Waals surface area contributed by atoms with Gasteiger partial charge in [0.15, 0.2) is 0 Å². The van der Waals surface area contributed by atoms with Gasteiger partial charge in [0.05, 0.1) is 18.2 Å². The van der Waals surface area contributed by atoms with Crippen LogP contribution in [0.1, 0.15) is 36.7 Å². The quantitative estimate of drug-likeness (QED) is 0.931. The number of rotatable bonds is 3. The molecule has 2 rings (SSSR count). The fraction of sp³-hybridized carbons (Fsp3) is 0.400. The first-order valence-corrected chi connectivity index (χ1v) is 7.26. The number of nitrogens with two attached hydrogens (primary N) is 1. The van der Waals surface area contributed by atoms with Crippen molar-refractivity contribution in [3.8, 4) is 5.69 Å². The van der Waals surface area contributed by atoms with E-state index < -0.39 is 0 Å². The number of aryl methyl sites for hydroxylation is 2. The van der Waals surface area contributed by atoms with Gasteiger partial charge in [0, 0.05) is 16.2 Å². The summed E-state index contributed by atoms with van der Waals surface area (Å²) in [6, 6.07) is 4.29. The van der Waals surface area contributed by atoms with Crippen LogP contribution in [0.4, 0.5) is 0 Å². The highest BCUT2D eigenvalue weighted by atomic mass is 79.9. The Morgan fingerprint density at radius 1 is 1.21 bits per heavy atom. The summed E-state index contributed by atoms with van der Waals surface area (Å²) in [6.07, 6.45) is 3.69. The Labute approximate surface area is 123 Å². The van der Waals surface area contributed by atoms with Crippen molar-refractivity contribution in [3.63, 3.8) is 0 Å². The van der Waals surface area contributed by atoms with Crippen molar-refractivity contribution >= 4 is 15.9 Å². The molecule has 3 nitrogen and oxygen atoms in total. The first-order chi connectivity index (χ1) is 8.91. The highest BCUT2D eigenvalue weighted by Gasteiger charge is 2.16. The van der Waals surface area contributed by atoms with E-state index in [0.717, 1.165) is 15.9 Å². The third kappa shape index (κ3) is 2.74. The molecule has 0 aliphatic heterocycles. The number of aromatic nitrogens is 2. The minimum Gasteiger partial charge on any atom is -0.322 e. The number of benzene rings is 1. The molecule has 0 bridgehead atoms. The van der Waals surface area contributed by atoms with Crippen molar-refractivity contribution in [2.75, 3.05) is 0 Å². The molecule has 0 fully saturated rings. The summed E-state index contributed by atoms with van der Waals surface area (Å²) >= 11 is 3.60. The molecule has 0 saturated carbocycles. The predicted molar refractivity (Wildman–Crippen MR) is 82.5 cm³/mol. The Morgan fingerprint density at radius 3 is 2.32 bits per heavy atom. The van der Waals surface area contributed by atoms with Crippen molar-refractivity contribution in [2.45, 2.75) is 33.7 Å². The Kier molecular flexibility index (Phi) is 4.11. The Bertz CT molecular complexity index is 564. The van der Waals surface area contributed by atoms with Crippen molar-refractivity contribution in [1.29, 1.82) is 0 Å². The second-order valence-corrected chi connectivity index (χ2v) is 6.14.